The predicted molar refractivity (Wildman–Crippen MR) is 263 cm³/mol. The second-order valence-corrected chi connectivity index (χ2v) is 27.1. The number of rotatable bonds is 34. The second kappa shape index (κ2) is 49.3. The zero-order valence-corrected chi connectivity index (χ0v) is 81.5. The van der Waals surface area contributed by atoms with Gasteiger partial charge in [-0.3, -0.25) is 29.3 Å². The van der Waals surface area contributed by atoms with E-state index in [1.54, 1.807) is 0 Å². The molecule has 7 fully saturated rings. The van der Waals surface area contributed by atoms with Crippen molar-refractivity contribution in [3.63, 3.8) is 0 Å². The molecule has 0 saturated carbocycles. The number of fused-ring (bicyclic) bond motifs is 4. The van der Waals surface area contributed by atoms with Gasteiger partial charge in [-0.15, -0.1) is 0 Å². The van der Waals surface area contributed by atoms with Crippen molar-refractivity contribution in [1.29, 1.82) is 0 Å². The van der Waals surface area contributed by atoms with Crippen molar-refractivity contribution in [2.24, 2.45) is 0 Å². The molecule has 7 saturated heterocycles. The number of ether oxygens (including phenoxy) is 17. The SMILES string of the molecule is CO[C@H]1O[C@H](COS(=O)(=O)[O-])[C@@H](O[C@@H]2O[C@]3(C(=O)[O-])CCO[C@H]2[C@H](OC)[C@H]3O[C@@H]2O[C@@H](COS(=O)(=O)[O-])[C@H](O[C@H]3O[C@@H](C(=O)[O-])[C@H](O[C@@H]4O[C@@H](COS(=O)(=O)[O-])[C@H](OC)[C@H](OC)[C@H]4OC)[C@H](OC)[C@H]3OC)[C@H](OS(=O)(=O)[O-])[C@H]2OS(=O)(=O)[O-])[C@@H](OS(=O)(=O)[O-])C1OS(=O)(=O)[O-].[Na+].[Na+].[Na+].[Na+].[Na+].[Na+].[Na+].[Na+].[Na+]. The number of carboxylic acids is 2. The van der Waals surface area contributed by atoms with Crippen molar-refractivity contribution < 1.29 is 486 Å². The van der Waals surface area contributed by atoms with Crippen LogP contribution >= 0.6 is 0 Å². The molecule has 7 rings (SSSR count). The maximum Gasteiger partial charge on any atom is 1.00 e. The number of aliphatic carboxylic acids is 2. The Kier molecular flexibility index (Phi) is 55.3. The number of hydrogen-bond acceptors (Lipinski definition) is 49. The van der Waals surface area contributed by atoms with Crippen LogP contribution in [0.3, 0.4) is 0 Å². The average molecular weight is 1740 g/mol. The number of carboxylic acid groups (broad SMARTS) is 2. The molecule has 25 atom stereocenters. The summed E-state index contributed by atoms with van der Waals surface area (Å²) in [5.74, 6) is -4.85. The fourth-order valence-corrected chi connectivity index (χ4v) is 13.7. The quantitative estimate of drug-likeness (QED) is 0.0328. The zero-order chi connectivity index (χ0) is 71.5. The Morgan fingerprint density at radius 1 is 0.356 bits per heavy atom. The van der Waals surface area contributed by atoms with E-state index >= 15 is 0 Å². The Balaban J connectivity index is -0.00000556. The van der Waals surface area contributed by atoms with Crippen molar-refractivity contribution in [2.45, 2.75) is 159 Å². The normalized spacial score (nSPS) is 35.4. The third-order valence-corrected chi connectivity index (χ3v) is 17.5. The molecule has 0 aliphatic carbocycles. The Morgan fingerprint density at radius 2 is 0.673 bits per heavy atom. The fraction of sp³-hybridized carbons (Fsp3) is 0.949. The second-order valence-electron chi connectivity index (χ2n) is 19.9. The third-order valence-electron chi connectivity index (χ3n) is 14.4. The van der Waals surface area contributed by atoms with Crippen LogP contribution in [-0.2, 0) is 192 Å². The van der Waals surface area contributed by atoms with Gasteiger partial charge in [-0.2, -0.15) is 0 Å². The summed E-state index contributed by atoms with van der Waals surface area (Å²) in [5, 5.41) is 26.8. The van der Waals surface area contributed by atoms with Gasteiger partial charge in [0.1, 0.15) is 109 Å². The van der Waals surface area contributed by atoms with Crippen molar-refractivity contribution >= 4 is 84.7 Å². The molecule has 65 heteroatoms. The smallest absolute Gasteiger partial charge is 0.726 e. The number of methoxy groups -OCH3 is 7. The van der Waals surface area contributed by atoms with E-state index in [1.807, 2.05) is 0 Å². The van der Waals surface area contributed by atoms with Gasteiger partial charge < -0.3 is 132 Å². The largest absolute Gasteiger partial charge is 1.00 e. The van der Waals surface area contributed by atoms with Crippen molar-refractivity contribution in [2.75, 3.05) is 76.2 Å². The van der Waals surface area contributed by atoms with Gasteiger partial charge in [0.25, 0.3) is 0 Å². The van der Waals surface area contributed by atoms with Crippen LogP contribution in [0.25, 0.3) is 0 Å². The maximum absolute atomic E-state index is 13.7. The molecule has 7 heterocycles. The standard InChI is InChI=1S/C39H64O49S7.9Na/c1-65-16-13(10-73-89(44,45)46)77-34(26(69-5)19(16)66-2)81-21-20(67-3)27(70-6)35(82-25(21)32(40)41)79-17-15(12-75-91(50,51)52)78-36(30(88-95(62,63)64)23(17)86-93(56,57)58)83-31-24(68-4)28-37(84-39(31,38(42)43)8-9-72-28)80-18-14(11-74-90(47,48)49)76-33(71-7)29(87-94(59,60)61)22(18)85-92(53,54)55;;;;;;;;;/h13-31,33-37H,8-12H2,1-7H3,(H,40,41)(H,42,43)(H,44,45,46)(H,47,48,49)(H,50,51,52)(H,53,54,55)(H,56,57,58)(H,59,60,61)(H,62,63,64);;;;;;;;;/q;9*+1/p-9/t13-,14+,15-,16-,17-,18+,19-,20-,21+,22+,23-,24-,25+,26+,27+,28-,29?,30+,31+,33-,34-,35-,36-,37+,39+;;;;;;;;;/m0........./s1. The molecule has 0 aromatic heterocycles. The van der Waals surface area contributed by atoms with E-state index in [2.05, 4.69) is 29.3 Å². The van der Waals surface area contributed by atoms with E-state index in [4.69, 9.17) is 80.5 Å². The minimum Gasteiger partial charge on any atom is -0.726 e. The summed E-state index contributed by atoms with van der Waals surface area (Å²) in [5.41, 5.74) is -3.46. The van der Waals surface area contributed by atoms with Crippen LogP contribution in [0.4, 0.5) is 0 Å². The van der Waals surface area contributed by atoms with Gasteiger partial charge >= 0.3 is 266 Å². The minimum absolute atomic E-state index is 0. The van der Waals surface area contributed by atoms with Gasteiger partial charge in [0.15, 0.2) is 43.7 Å². The van der Waals surface area contributed by atoms with Gasteiger partial charge in [0.2, 0.25) is 72.8 Å². The van der Waals surface area contributed by atoms with E-state index in [0.29, 0.717) is 14.2 Å². The first-order valence-corrected chi connectivity index (χ1v) is 35.1. The predicted octanol–water partition coefficient (Wildman–Crippen LogP) is -39.6. The molecule has 2 bridgehead atoms. The summed E-state index contributed by atoms with van der Waals surface area (Å²) in [6.45, 7) is -5.64. The first kappa shape index (κ1) is 117. The van der Waals surface area contributed by atoms with Crippen LogP contribution in [0.5, 0.6) is 0 Å². The molecule has 0 aromatic rings. The van der Waals surface area contributed by atoms with Gasteiger partial charge in [-0.25, -0.2) is 58.9 Å². The summed E-state index contributed by atoms with van der Waals surface area (Å²) in [6, 6.07) is 0. The molecule has 0 radical (unpaired) electrons. The minimum atomic E-state index is -6.52. The van der Waals surface area contributed by atoms with E-state index in [9.17, 15) is 111 Å². The molecule has 556 valence electrons. The number of carbonyl (C=O) groups excluding carboxylic acids is 2. The summed E-state index contributed by atoms with van der Waals surface area (Å²) in [6.07, 6.45) is -59.8. The molecule has 0 aromatic carbocycles. The molecule has 7 aliphatic heterocycles. The van der Waals surface area contributed by atoms with Gasteiger partial charge in [0.05, 0.1) is 38.4 Å². The van der Waals surface area contributed by atoms with Crippen molar-refractivity contribution in [3.8, 4) is 0 Å². The zero-order valence-electron chi connectivity index (χ0n) is 57.8. The van der Waals surface area contributed by atoms with Crippen LogP contribution < -0.4 is 276 Å². The molecule has 104 heavy (non-hydrogen) atoms. The van der Waals surface area contributed by atoms with E-state index < -0.39 is 271 Å². The van der Waals surface area contributed by atoms with Crippen molar-refractivity contribution in [3.05, 3.63) is 0 Å². The Morgan fingerprint density at radius 3 is 1.02 bits per heavy atom. The molecular formula is C39H55Na9O49S7. The van der Waals surface area contributed by atoms with E-state index in [-0.39, 0.29) is 266 Å². The topological polar surface area (TPSA) is 702 Å². The van der Waals surface area contributed by atoms with Crippen LogP contribution in [0.2, 0.25) is 0 Å². The molecule has 0 spiro atoms. The van der Waals surface area contributed by atoms with E-state index in [1.165, 1.54) is 0 Å². The molecule has 1 unspecified atom stereocenters. The maximum atomic E-state index is 13.7. The molecule has 49 nitrogen and oxygen atoms in total. The molecule has 7 aliphatic rings. The monoisotopic (exact) mass is 1740 g/mol. The first-order chi connectivity index (χ1) is 43.7. The Labute approximate surface area is 794 Å². The Bertz CT molecular complexity index is 3480. The fourth-order valence-electron chi connectivity index (χ4n) is 10.9. The van der Waals surface area contributed by atoms with Crippen LogP contribution in [0, 0.1) is 0 Å². The molecular weight excluding hydrogens is 1680 g/mol. The summed E-state index contributed by atoms with van der Waals surface area (Å²) < 4.78 is 380. The van der Waals surface area contributed by atoms with E-state index in [0.717, 1.165) is 35.5 Å². The van der Waals surface area contributed by atoms with Gasteiger partial charge in [-0.05, 0) is 0 Å². The summed E-state index contributed by atoms with van der Waals surface area (Å²) >= 11 is 0. The average Bonchev–Trinajstić information content (AvgIpc) is 1.34. The number of carbonyl (C=O) groups is 2. The molecule has 0 amide bonds. The first-order valence-electron chi connectivity index (χ1n) is 25.8. The van der Waals surface area contributed by atoms with Crippen LogP contribution in [0.15, 0.2) is 0 Å². The summed E-state index contributed by atoms with van der Waals surface area (Å²) in [4.78, 5) is 26.8. The number of hydrogen-bond donors (Lipinski definition) is 0. The summed E-state index contributed by atoms with van der Waals surface area (Å²) in [7, 11) is -36.6. The van der Waals surface area contributed by atoms with Crippen LogP contribution in [-0.4, -0.2) is 332 Å². The molecule has 0 N–H and O–H groups in total. The Hall–Kier alpha value is 6.35. The van der Waals surface area contributed by atoms with Gasteiger partial charge in [-0.1, -0.05) is 0 Å². The third kappa shape index (κ3) is 33.1. The van der Waals surface area contributed by atoms with Gasteiger partial charge in [0, 0.05) is 56.2 Å². The van der Waals surface area contributed by atoms with Crippen molar-refractivity contribution in [1.82, 2.24) is 0 Å². The van der Waals surface area contributed by atoms with Crippen LogP contribution in [0.1, 0.15) is 6.42 Å².